The van der Waals surface area contributed by atoms with Crippen LogP contribution in [0.5, 0.6) is 0 Å². The van der Waals surface area contributed by atoms with E-state index in [1.54, 1.807) is 12.1 Å². The van der Waals surface area contributed by atoms with E-state index in [1.165, 1.54) is 12.8 Å². The van der Waals surface area contributed by atoms with Gasteiger partial charge in [0.1, 0.15) is 0 Å². The van der Waals surface area contributed by atoms with Gasteiger partial charge in [-0.3, -0.25) is 4.79 Å². The second-order valence-corrected chi connectivity index (χ2v) is 5.97. The first-order valence-corrected chi connectivity index (χ1v) is 7.43. The molecule has 0 aliphatic heterocycles. The van der Waals surface area contributed by atoms with Crippen LogP contribution < -0.4 is 5.32 Å². The van der Waals surface area contributed by atoms with Gasteiger partial charge in [0.2, 0.25) is 0 Å². The third-order valence-corrected chi connectivity index (χ3v) is 4.34. The number of nitrogens with one attached hydrogen (secondary N) is 1. The fraction of sp³-hybridized carbons (Fsp3) is 0.462. The number of hydrogen-bond acceptors (Lipinski definition) is 2. The first-order chi connectivity index (χ1) is 8.66. The van der Waals surface area contributed by atoms with Crippen LogP contribution in [0.25, 0.3) is 0 Å². The molecule has 0 bridgehead atoms. The number of benzene rings is 1. The van der Waals surface area contributed by atoms with Crippen LogP contribution in [0.15, 0.2) is 18.2 Å². The van der Waals surface area contributed by atoms with Crippen LogP contribution in [0.1, 0.15) is 23.2 Å². The van der Waals surface area contributed by atoms with Gasteiger partial charge in [-0.25, -0.2) is 0 Å². The molecule has 0 saturated heterocycles. The normalized spacial score (nSPS) is 14.6. The summed E-state index contributed by atoms with van der Waals surface area (Å²) >= 11 is 8.10. The van der Waals surface area contributed by atoms with E-state index in [9.17, 15) is 4.79 Å². The number of carbonyl (C=O) groups excluding carboxylic acids is 1. The Balaban J connectivity index is 1.70. The summed E-state index contributed by atoms with van der Waals surface area (Å²) in [5, 5.41) is 3.42. The molecule has 0 unspecified atom stereocenters. The van der Waals surface area contributed by atoms with Crippen LogP contribution in [-0.2, 0) is 4.74 Å². The predicted molar refractivity (Wildman–Crippen MR) is 80.0 cm³/mol. The van der Waals surface area contributed by atoms with Crippen molar-refractivity contribution < 1.29 is 9.53 Å². The van der Waals surface area contributed by atoms with Crippen molar-refractivity contribution in [1.82, 2.24) is 5.32 Å². The second-order valence-electron chi connectivity index (χ2n) is 4.40. The van der Waals surface area contributed by atoms with E-state index < -0.39 is 0 Å². The second kappa shape index (κ2) is 6.73. The Morgan fingerprint density at radius 1 is 1.50 bits per heavy atom. The van der Waals surface area contributed by atoms with Crippen LogP contribution >= 0.6 is 34.2 Å². The van der Waals surface area contributed by atoms with Gasteiger partial charge in [0.25, 0.3) is 5.91 Å². The maximum absolute atomic E-state index is 11.8. The van der Waals surface area contributed by atoms with E-state index >= 15 is 0 Å². The van der Waals surface area contributed by atoms with Crippen LogP contribution in [0.3, 0.4) is 0 Å². The summed E-state index contributed by atoms with van der Waals surface area (Å²) < 4.78 is 6.39. The molecule has 0 aromatic heterocycles. The molecule has 1 aliphatic rings. The third-order valence-electron chi connectivity index (χ3n) is 2.76. The predicted octanol–water partition coefficient (Wildman–Crippen LogP) is 3.10. The Morgan fingerprint density at radius 2 is 2.28 bits per heavy atom. The average Bonchev–Trinajstić information content (AvgIpc) is 3.16. The van der Waals surface area contributed by atoms with Gasteiger partial charge >= 0.3 is 0 Å². The summed E-state index contributed by atoms with van der Waals surface area (Å²) in [6.45, 7) is 1.93. The van der Waals surface area contributed by atoms with E-state index in [4.69, 9.17) is 16.3 Å². The molecule has 0 atom stereocenters. The molecular formula is C13H15ClINO2. The van der Waals surface area contributed by atoms with Gasteiger partial charge < -0.3 is 10.1 Å². The Bertz CT molecular complexity index is 435. The van der Waals surface area contributed by atoms with Gasteiger partial charge in [0, 0.05) is 22.3 Å². The van der Waals surface area contributed by atoms with Gasteiger partial charge in [-0.15, -0.1) is 0 Å². The highest BCUT2D eigenvalue weighted by Crippen LogP contribution is 2.28. The molecule has 18 heavy (non-hydrogen) atoms. The molecule has 1 aliphatic carbocycles. The van der Waals surface area contributed by atoms with Gasteiger partial charge in [-0.2, -0.15) is 0 Å². The lowest BCUT2D eigenvalue weighted by Crippen LogP contribution is -2.27. The summed E-state index contributed by atoms with van der Waals surface area (Å²) in [6, 6.07) is 5.29. The van der Waals surface area contributed by atoms with Crippen molar-refractivity contribution in [1.29, 1.82) is 0 Å². The van der Waals surface area contributed by atoms with Gasteiger partial charge in [-0.1, -0.05) is 11.6 Å². The lowest BCUT2D eigenvalue weighted by Gasteiger charge is -2.06. The molecule has 2 rings (SSSR count). The van der Waals surface area contributed by atoms with Crippen molar-refractivity contribution in [2.24, 2.45) is 5.92 Å². The number of rotatable bonds is 6. The molecule has 0 spiro atoms. The van der Waals surface area contributed by atoms with Crippen molar-refractivity contribution in [3.63, 3.8) is 0 Å². The maximum Gasteiger partial charge on any atom is 0.251 e. The Morgan fingerprint density at radius 3 is 2.94 bits per heavy atom. The highest BCUT2D eigenvalue weighted by Gasteiger charge is 2.20. The van der Waals surface area contributed by atoms with Gasteiger partial charge in [-0.05, 0) is 59.5 Å². The molecule has 5 heteroatoms. The van der Waals surface area contributed by atoms with E-state index in [1.807, 2.05) is 6.07 Å². The van der Waals surface area contributed by atoms with Crippen LogP contribution in [-0.4, -0.2) is 25.7 Å². The third kappa shape index (κ3) is 4.40. The van der Waals surface area contributed by atoms with E-state index in [0.717, 1.165) is 16.1 Å². The minimum atomic E-state index is -0.108. The molecule has 3 nitrogen and oxygen atoms in total. The van der Waals surface area contributed by atoms with Crippen LogP contribution in [0.2, 0.25) is 5.02 Å². The molecule has 1 amide bonds. The van der Waals surface area contributed by atoms with Gasteiger partial charge in [0.15, 0.2) is 0 Å². The number of halogens is 2. The number of amides is 1. The van der Waals surface area contributed by atoms with Gasteiger partial charge in [0.05, 0.1) is 11.6 Å². The zero-order valence-corrected chi connectivity index (χ0v) is 12.8. The van der Waals surface area contributed by atoms with E-state index in [-0.39, 0.29) is 5.91 Å². The first-order valence-electron chi connectivity index (χ1n) is 5.98. The van der Waals surface area contributed by atoms with Crippen molar-refractivity contribution in [2.45, 2.75) is 12.8 Å². The van der Waals surface area contributed by atoms with E-state index in [0.29, 0.717) is 23.7 Å². The largest absolute Gasteiger partial charge is 0.379 e. The Kier molecular flexibility index (Phi) is 5.26. The molecule has 1 aromatic rings. The number of carbonyl (C=O) groups is 1. The highest BCUT2D eigenvalue weighted by atomic mass is 127. The Labute approximate surface area is 125 Å². The minimum Gasteiger partial charge on any atom is -0.379 e. The van der Waals surface area contributed by atoms with E-state index in [2.05, 4.69) is 27.9 Å². The standard InChI is InChI=1S/C13H15ClINO2/c14-11-7-10(3-4-12(11)15)13(17)16-5-6-18-8-9-1-2-9/h3-4,7,9H,1-2,5-6,8H2,(H,16,17). The fourth-order valence-electron chi connectivity index (χ4n) is 1.51. The summed E-state index contributed by atoms with van der Waals surface area (Å²) in [7, 11) is 0. The van der Waals surface area contributed by atoms with Crippen molar-refractivity contribution in [3.05, 3.63) is 32.4 Å². The number of ether oxygens (including phenoxy) is 1. The average molecular weight is 380 g/mol. The smallest absolute Gasteiger partial charge is 0.251 e. The van der Waals surface area contributed by atoms with Crippen LogP contribution in [0.4, 0.5) is 0 Å². The van der Waals surface area contributed by atoms with Crippen molar-refractivity contribution >= 4 is 40.1 Å². The minimum absolute atomic E-state index is 0.108. The quantitative estimate of drug-likeness (QED) is 0.609. The maximum atomic E-state index is 11.8. The van der Waals surface area contributed by atoms with Crippen LogP contribution in [0, 0.1) is 9.49 Å². The lowest BCUT2D eigenvalue weighted by molar-refractivity contribution is 0.0906. The molecular weight excluding hydrogens is 365 g/mol. The summed E-state index contributed by atoms with van der Waals surface area (Å²) in [5.74, 6) is 0.652. The molecule has 0 radical (unpaired) electrons. The number of hydrogen-bond donors (Lipinski definition) is 1. The van der Waals surface area contributed by atoms with Crippen molar-refractivity contribution in [3.8, 4) is 0 Å². The molecule has 98 valence electrons. The molecule has 1 fully saturated rings. The topological polar surface area (TPSA) is 38.3 Å². The monoisotopic (exact) mass is 379 g/mol. The lowest BCUT2D eigenvalue weighted by atomic mass is 10.2. The SMILES string of the molecule is O=C(NCCOCC1CC1)c1ccc(I)c(Cl)c1. The highest BCUT2D eigenvalue weighted by molar-refractivity contribution is 14.1. The first kappa shape index (κ1) is 14.1. The summed E-state index contributed by atoms with van der Waals surface area (Å²) in [4.78, 5) is 11.8. The zero-order chi connectivity index (χ0) is 13.0. The molecule has 1 N–H and O–H groups in total. The molecule has 1 aromatic carbocycles. The summed E-state index contributed by atoms with van der Waals surface area (Å²) in [6.07, 6.45) is 2.57. The fourth-order valence-corrected chi connectivity index (χ4v) is 2.03. The van der Waals surface area contributed by atoms with Crippen molar-refractivity contribution in [2.75, 3.05) is 19.8 Å². The Hall–Kier alpha value is -0.330. The molecule has 1 saturated carbocycles. The molecule has 0 heterocycles. The summed E-state index contributed by atoms with van der Waals surface area (Å²) in [5.41, 5.74) is 0.586. The zero-order valence-electron chi connectivity index (χ0n) is 9.92.